The predicted molar refractivity (Wildman–Crippen MR) is 96.7 cm³/mol. The third kappa shape index (κ3) is 5.19. The minimum atomic E-state index is -0.744. The number of amides is 1. The van der Waals surface area contributed by atoms with Crippen molar-refractivity contribution < 1.29 is 19.4 Å². The summed E-state index contributed by atoms with van der Waals surface area (Å²) >= 11 is 0. The molecule has 1 aromatic rings. The molecule has 6 heteroatoms. The monoisotopic (exact) mass is 360 g/mol. The number of carbonyl (C=O) groups excluding carboxylic acids is 1. The molecule has 3 rings (SSSR count). The normalized spacial score (nSPS) is 24.0. The van der Waals surface area contributed by atoms with Crippen LogP contribution in [0.3, 0.4) is 0 Å². The molecule has 1 amide bonds. The van der Waals surface area contributed by atoms with Crippen LogP contribution >= 0.6 is 0 Å². The smallest absolute Gasteiger partial charge is 0.306 e. The number of carbonyl (C=O) groups is 2. The molecule has 1 aromatic heterocycles. The van der Waals surface area contributed by atoms with Crippen LogP contribution in [-0.2, 0) is 16.1 Å². The largest absolute Gasteiger partial charge is 0.481 e. The first-order chi connectivity index (χ1) is 12.6. The molecule has 2 saturated carbocycles. The molecule has 0 aliphatic heterocycles. The number of carboxylic acid groups (broad SMARTS) is 1. The summed E-state index contributed by atoms with van der Waals surface area (Å²) in [5, 5.41) is 12.0. The summed E-state index contributed by atoms with van der Waals surface area (Å²) in [5.74, 6) is -0.471. The first kappa shape index (κ1) is 18.7. The van der Waals surface area contributed by atoms with Crippen LogP contribution in [0.5, 0.6) is 5.88 Å². The number of pyridine rings is 1. The maximum atomic E-state index is 12.3. The van der Waals surface area contributed by atoms with E-state index < -0.39 is 5.97 Å². The first-order valence-corrected chi connectivity index (χ1v) is 9.74. The van der Waals surface area contributed by atoms with Gasteiger partial charge in [-0.2, -0.15) is 0 Å². The van der Waals surface area contributed by atoms with E-state index in [-0.39, 0.29) is 23.8 Å². The maximum absolute atomic E-state index is 12.3. The van der Waals surface area contributed by atoms with Crippen molar-refractivity contribution in [2.75, 3.05) is 0 Å². The number of nitrogens with one attached hydrogen (secondary N) is 1. The Bertz CT molecular complexity index is 620. The number of rotatable bonds is 6. The van der Waals surface area contributed by atoms with E-state index in [0.717, 1.165) is 18.4 Å². The predicted octanol–water partition coefficient (Wildman–Crippen LogP) is 3.30. The molecule has 0 aromatic carbocycles. The Kier molecular flexibility index (Phi) is 6.47. The van der Waals surface area contributed by atoms with Crippen LogP contribution in [0, 0.1) is 11.8 Å². The first-order valence-electron chi connectivity index (χ1n) is 9.74. The van der Waals surface area contributed by atoms with Crippen LogP contribution in [0.1, 0.15) is 63.4 Å². The Morgan fingerprint density at radius 2 is 1.77 bits per heavy atom. The van der Waals surface area contributed by atoms with Crippen molar-refractivity contribution >= 4 is 11.9 Å². The molecule has 6 nitrogen and oxygen atoms in total. The van der Waals surface area contributed by atoms with Crippen molar-refractivity contribution in [2.45, 2.75) is 70.4 Å². The third-order valence-electron chi connectivity index (χ3n) is 5.55. The molecule has 0 radical (unpaired) electrons. The molecule has 2 aliphatic rings. The van der Waals surface area contributed by atoms with E-state index in [1.54, 1.807) is 6.20 Å². The molecule has 0 unspecified atom stereocenters. The summed E-state index contributed by atoms with van der Waals surface area (Å²) in [4.78, 5) is 27.6. The van der Waals surface area contributed by atoms with Crippen LogP contribution < -0.4 is 10.1 Å². The fourth-order valence-electron chi connectivity index (χ4n) is 3.91. The average molecular weight is 360 g/mol. The van der Waals surface area contributed by atoms with E-state index in [4.69, 9.17) is 9.84 Å². The van der Waals surface area contributed by atoms with E-state index in [2.05, 4.69) is 10.3 Å². The van der Waals surface area contributed by atoms with Crippen LogP contribution in [0.2, 0.25) is 0 Å². The molecule has 26 heavy (non-hydrogen) atoms. The zero-order chi connectivity index (χ0) is 18.4. The van der Waals surface area contributed by atoms with Crippen LogP contribution in [0.4, 0.5) is 0 Å². The topological polar surface area (TPSA) is 88.5 Å². The summed E-state index contributed by atoms with van der Waals surface area (Å²) in [6.45, 7) is 0.446. The van der Waals surface area contributed by atoms with Gasteiger partial charge in [0, 0.05) is 24.7 Å². The van der Waals surface area contributed by atoms with Gasteiger partial charge in [0.15, 0.2) is 0 Å². The highest BCUT2D eigenvalue weighted by atomic mass is 16.5. The molecular weight excluding hydrogens is 332 g/mol. The summed E-state index contributed by atoms with van der Waals surface area (Å²) < 4.78 is 5.97. The summed E-state index contributed by atoms with van der Waals surface area (Å²) in [7, 11) is 0. The summed E-state index contributed by atoms with van der Waals surface area (Å²) in [5.41, 5.74) is 0.971. The van der Waals surface area contributed by atoms with Gasteiger partial charge in [-0.25, -0.2) is 4.98 Å². The van der Waals surface area contributed by atoms with Crippen molar-refractivity contribution in [3.05, 3.63) is 23.9 Å². The second-order valence-corrected chi connectivity index (χ2v) is 7.48. The van der Waals surface area contributed by atoms with E-state index in [9.17, 15) is 9.59 Å². The fraction of sp³-hybridized carbons (Fsp3) is 0.650. The lowest BCUT2D eigenvalue weighted by Gasteiger charge is -2.25. The second kappa shape index (κ2) is 9.01. The molecule has 1 heterocycles. The molecule has 2 N–H and O–H groups in total. The van der Waals surface area contributed by atoms with Gasteiger partial charge in [-0.1, -0.05) is 6.42 Å². The Morgan fingerprint density at radius 1 is 1.08 bits per heavy atom. The lowest BCUT2D eigenvalue weighted by molar-refractivity contribution is -0.144. The highest BCUT2D eigenvalue weighted by Crippen LogP contribution is 2.29. The van der Waals surface area contributed by atoms with Crippen molar-refractivity contribution in [2.24, 2.45) is 11.8 Å². The van der Waals surface area contributed by atoms with Crippen molar-refractivity contribution in [3.63, 3.8) is 0 Å². The van der Waals surface area contributed by atoms with E-state index in [0.29, 0.717) is 38.1 Å². The lowest BCUT2D eigenvalue weighted by Crippen LogP contribution is -2.34. The van der Waals surface area contributed by atoms with Gasteiger partial charge >= 0.3 is 5.97 Å². The molecule has 2 aliphatic carbocycles. The fourth-order valence-corrected chi connectivity index (χ4v) is 3.91. The SMILES string of the molecule is O=C(O)C1CCC(C(=O)NCc2ccnc(OC3CCCCC3)c2)CC1. The number of aromatic nitrogens is 1. The second-order valence-electron chi connectivity index (χ2n) is 7.48. The van der Waals surface area contributed by atoms with Gasteiger partial charge in [0.1, 0.15) is 6.10 Å². The number of nitrogens with zero attached hydrogens (tertiary/aromatic N) is 1. The van der Waals surface area contributed by atoms with Crippen molar-refractivity contribution in [1.29, 1.82) is 0 Å². The van der Waals surface area contributed by atoms with Gasteiger partial charge in [0.05, 0.1) is 5.92 Å². The molecule has 142 valence electrons. The Morgan fingerprint density at radius 3 is 2.46 bits per heavy atom. The van der Waals surface area contributed by atoms with Crippen LogP contribution in [-0.4, -0.2) is 28.1 Å². The average Bonchev–Trinajstić information content (AvgIpc) is 2.67. The third-order valence-corrected chi connectivity index (χ3v) is 5.55. The van der Waals surface area contributed by atoms with Gasteiger partial charge in [-0.3, -0.25) is 9.59 Å². The number of ether oxygens (including phenoxy) is 1. The quantitative estimate of drug-likeness (QED) is 0.812. The highest BCUT2D eigenvalue weighted by Gasteiger charge is 2.29. The van der Waals surface area contributed by atoms with Crippen molar-refractivity contribution in [3.8, 4) is 5.88 Å². The minimum Gasteiger partial charge on any atom is -0.481 e. The summed E-state index contributed by atoms with van der Waals surface area (Å²) in [6, 6.07) is 3.78. The highest BCUT2D eigenvalue weighted by molar-refractivity contribution is 5.79. The minimum absolute atomic E-state index is 0.0143. The lowest BCUT2D eigenvalue weighted by atomic mass is 9.81. The Hall–Kier alpha value is -2.11. The number of hydrogen-bond acceptors (Lipinski definition) is 4. The Labute approximate surface area is 154 Å². The Balaban J connectivity index is 1.46. The number of aliphatic carboxylic acids is 1. The number of carboxylic acids is 1. The molecule has 0 atom stereocenters. The van der Waals surface area contributed by atoms with Gasteiger partial charge in [0.2, 0.25) is 11.8 Å². The van der Waals surface area contributed by atoms with Crippen LogP contribution in [0.15, 0.2) is 18.3 Å². The van der Waals surface area contributed by atoms with Gasteiger partial charge in [-0.05, 0) is 63.0 Å². The van der Waals surface area contributed by atoms with E-state index >= 15 is 0 Å². The van der Waals surface area contributed by atoms with Crippen molar-refractivity contribution in [1.82, 2.24) is 10.3 Å². The van der Waals surface area contributed by atoms with E-state index in [1.165, 1.54) is 19.3 Å². The molecule has 0 spiro atoms. The molecule has 2 fully saturated rings. The molecule has 0 saturated heterocycles. The zero-order valence-electron chi connectivity index (χ0n) is 15.2. The van der Waals surface area contributed by atoms with Crippen LogP contribution in [0.25, 0.3) is 0 Å². The summed E-state index contributed by atoms with van der Waals surface area (Å²) in [6.07, 6.45) is 10.3. The van der Waals surface area contributed by atoms with Gasteiger partial charge < -0.3 is 15.2 Å². The maximum Gasteiger partial charge on any atom is 0.306 e. The zero-order valence-corrected chi connectivity index (χ0v) is 15.2. The number of hydrogen-bond donors (Lipinski definition) is 2. The van der Waals surface area contributed by atoms with Gasteiger partial charge in [0.25, 0.3) is 0 Å². The molecule has 0 bridgehead atoms. The standard InChI is InChI=1S/C20H28N2O4/c23-19(15-6-8-16(9-7-15)20(24)25)22-13-14-10-11-21-18(12-14)26-17-4-2-1-3-5-17/h10-12,15-17H,1-9,13H2,(H,22,23)(H,24,25). The molecular formula is C20H28N2O4. The van der Waals surface area contributed by atoms with Gasteiger partial charge in [-0.15, -0.1) is 0 Å². The van der Waals surface area contributed by atoms with E-state index in [1.807, 2.05) is 12.1 Å².